The molecule has 0 aromatic carbocycles. The van der Waals surface area contributed by atoms with Crippen LogP contribution in [0.4, 0.5) is 0 Å². The zero-order valence-electron chi connectivity index (χ0n) is 11.7. The van der Waals surface area contributed by atoms with Crippen molar-refractivity contribution in [2.24, 2.45) is 16.5 Å². The second kappa shape index (κ2) is 6.87. The summed E-state index contributed by atoms with van der Waals surface area (Å²) in [5.41, 5.74) is -0.312. The van der Waals surface area contributed by atoms with Gasteiger partial charge in [-0.2, -0.15) is 0 Å². The van der Waals surface area contributed by atoms with E-state index in [1.807, 2.05) is 13.8 Å². The van der Waals surface area contributed by atoms with Gasteiger partial charge in [0.25, 0.3) is 0 Å². The Kier molecular flexibility index (Phi) is 6.08. The van der Waals surface area contributed by atoms with Gasteiger partial charge in [-0.15, -0.1) is 0 Å². The van der Waals surface area contributed by atoms with Crippen LogP contribution in [-0.2, 0) is 14.8 Å². The Morgan fingerprint density at radius 1 is 1.28 bits per heavy atom. The highest BCUT2D eigenvalue weighted by atomic mass is 32.2. The fourth-order valence-corrected chi connectivity index (χ4v) is 3.79. The second-order valence-electron chi connectivity index (χ2n) is 5.65. The van der Waals surface area contributed by atoms with Gasteiger partial charge in [0.15, 0.2) is 0 Å². The third-order valence-corrected chi connectivity index (χ3v) is 5.33. The van der Waals surface area contributed by atoms with E-state index >= 15 is 0 Å². The molecule has 0 bridgehead atoms. The van der Waals surface area contributed by atoms with Gasteiger partial charge in [-0.05, 0) is 25.2 Å². The molecule has 18 heavy (non-hydrogen) atoms. The van der Waals surface area contributed by atoms with E-state index in [1.54, 1.807) is 0 Å². The maximum Gasteiger partial charge on any atom is 0.209 e. The van der Waals surface area contributed by atoms with Crippen LogP contribution in [0.25, 0.3) is 0 Å². The topological polar surface area (TPSA) is 69.4 Å². The third kappa shape index (κ3) is 5.24. The first-order valence-corrected chi connectivity index (χ1v) is 8.70. The molecule has 0 radical (unpaired) electrons. The third-order valence-electron chi connectivity index (χ3n) is 4.31. The van der Waals surface area contributed by atoms with E-state index in [1.165, 1.54) is 19.3 Å². The van der Waals surface area contributed by atoms with E-state index in [0.29, 0.717) is 6.61 Å². The van der Waals surface area contributed by atoms with Crippen molar-refractivity contribution in [2.45, 2.75) is 52.4 Å². The summed E-state index contributed by atoms with van der Waals surface area (Å²) in [4.78, 5) is 0. The Balaban J connectivity index is 2.35. The molecule has 1 fully saturated rings. The van der Waals surface area contributed by atoms with E-state index in [9.17, 15) is 8.42 Å². The van der Waals surface area contributed by atoms with Crippen molar-refractivity contribution in [1.29, 1.82) is 0 Å². The van der Waals surface area contributed by atoms with Crippen LogP contribution >= 0.6 is 0 Å². The number of ether oxygens (including phenoxy) is 1. The first-order valence-electron chi connectivity index (χ1n) is 6.99. The SMILES string of the molecule is CCC(CC)(COCCC1CCC1)CS(N)(=O)=O. The molecule has 0 amide bonds. The Bertz CT molecular complexity index is 332. The van der Waals surface area contributed by atoms with E-state index < -0.39 is 10.0 Å². The normalized spacial score (nSPS) is 17.7. The summed E-state index contributed by atoms with van der Waals surface area (Å²) in [6, 6.07) is 0. The number of rotatable bonds is 9. The lowest BCUT2D eigenvalue weighted by atomic mass is 9.83. The number of hydrogen-bond acceptors (Lipinski definition) is 3. The van der Waals surface area contributed by atoms with Crippen LogP contribution in [0.3, 0.4) is 0 Å². The Morgan fingerprint density at radius 2 is 1.89 bits per heavy atom. The lowest BCUT2D eigenvalue weighted by molar-refractivity contribution is 0.0375. The maximum absolute atomic E-state index is 11.3. The minimum Gasteiger partial charge on any atom is -0.381 e. The minimum atomic E-state index is -3.43. The summed E-state index contributed by atoms with van der Waals surface area (Å²) in [5, 5.41) is 5.17. The molecule has 0 aliphatic heterocycles. The van der Waals surface area contributed by atoms with E-state index in [2.05, 4.69) is 0 Å². The largest absolute Gasteiger partial charge is 0.381 e. The highest BCUT2D eigenvalue weighted by Gasteiger charge is 2.31. The molecular weight excluding hydrogens is 250 g/mol. The molecule has 0 aromatic rings. The molecule has 2 N–H and O–H groups in total. The Hall–Kier alpha value is -0.130. The van der Waals surface area contributed by atoms with Crippen LogP contribution in [0.1, 0.15) is 52.4 Å². The summed E-state index contributed by atoms with van der Waals surface area (Å²) in [7, 11) is -3.43. The van der Waals surface area contributed by atoms with Crippen molar-refractivity contribution in [2.75, 3.05) is 19.0 Å². The molecule has 1 saturated carbocycles. The fourth-order valence-electron chi connectivity index (χ4n) is 2.45. The van der Waals surface area contributed by atoms with Crippen LogP contribution in [0, 0.1) is 11.3 Å². The molecule has 0 unspecified atom stereocenters. The highest BCUT2D eigenvalue weighted by molar-refractivity contribution is 7.89. The Morgan fingerprint density at radius 3 is 2.28 bits per heavy atom. The molecule has 0 saturated heterocycles. The number of primary sulfonamides is 1. The summed E-state index contributed by atoms with van der Waals surface area (Å²) >= 11 is 0. The van der Waals surface area contributed by atoms with Crippen LogP contribution < -0.4 is 5.14 Å². The second-order valence-corrected chi connectivity index (χ2v) is 7.27. The molecular formula is C13H27NO3S. The summed E-state index contributed by atoms with van der Waals surface area (Å²) in [6.07, 6.45) is 6.68. The van der Waals surface area contributed by atoms with Crippen molar-refractivity contribution < 1.29 is 13.2 Å². The van der Waals surface area contributed by atoms with E-state index in [-0.39, 0.29) is 11.2 Å². The smallest absolute Gasteiger partial charge is 0.209 e. The first kappa shape index (κ1) is 15.9. The Labute approximate surface area is 111 Å². The van der Waals surface area contributed by atoms with Gasteiger partial charge in [0.2, 0.25) is 10.0 Å². The lowest BCUT2D eigenvalue weighted by Crippen LogP contribution is -2.37. The quantitative estimate of drug-likeness (QED) is 0.657. The van der Waals surface area contributed by atoms with Crippen molar-refractivity contribution in [3.63, 3.8) is 0 Å². The van der Waals surface area contributed by atoms with Gasteiger partial charge < -0.3 is 4.74 Å². The van der Waals surface area contributed by atoms with Gasteiger partial charge in [-0.25, -0.2) is 13.6 Å². The standard InChI is InChI=1S/C13H27NO3S/c1-3-13(4-2,11-18(14,15)16)10-17-9-8-12-6-5-7-12/h12H,3-11H2,1-2H3,(H2,14,15,16). The van der Waals surface area contributed by atoms with Gasteiger partial charge in [-0.3, -0.25) is 0 Å². The first-order chi connectivity index (χ1) is 8.41. The molecule has 5 heteroatoms. The van der Waals surface area contributed by atoms with Crippen molar-refractivity contribution in [3.05, 3.63) is 0 Å². The molecule has 1 aliphatic rings. The monoisotopic (exact) mass is 277 g/mol. The molecule has 1 aliphatic carbocycles. The molecule has 0 aromatic heterocycles. The lowest BCUT2D eigenvalue weighted by Gasteiger charge is -2.31. The highest BCUT2D eigenvalue weighted by Crippen LogP contribution is 2.31. The molecule has 108 valence electrons. The average Bonchev–Trinajstić information content (AvgIpc) is 2.23. The van der Waals surface area contributed by atoms with Crippen molar-refractivity contribution in [3.8, 4) is 0 Å². The van der Waals surface area contributed by atoms with Gasteiger partial charge in [0, 0.05) is 12.0 Å². The van der Waals surface area contributed by atoms with Gasteiger partial charge >= 0.3 is 0 Å². The van der Waals surface area contributed by atoms with E-state index in [4.69, 9.17) is 9.88 Å². The summed E-state index contributed by atoms with van der Waals surface area (Å²) in [5.74, 6) is 0.858. The fraction of sp³-hybridized carbons (Fsp3) is 1.00. The van der Waals surface area contributed by atoms with Crippen LogP contribution in [-0.4, -0.2) is 27.4 Å². The maximum atomic E-state index is 11.3. The zero-order chi connectivity index (χ0) is 13.6. The van der Waals surface area contributed by atoms with E-state index in [0.717, 1.165) is 31.8 Å². The van der Waals surface area contributed by atoms with Crippen LogP contribution in [0.15, 0.2) is 0 Å². The average molecular weight is 277 g/mol. The molecule has 0 heterocycles. The predicted molar refractivity (Wildman–Crippen MR) is 73.8 cm³/mol. The predicted octanol–water partition coefficient (Wildman–Crippen LogP) is 2.29. The minimum absolute atomic E-state index is 0.0242. The van der Waals surface area contributed by atoms with Gasteiger partial charge in [0.1, 0.15) is 0 Å². The van der Waals surface area contributed by atoms with Crippen molar-refractivity contribution >= 4 is 10.0 Å². The summed E-state index contributed by atoms with van der Waals surface area (Å²) < 4.78 is 28.3. The molecule has 4 nitrogen and oxygen atoms in total. The number of sulfonamides is 1. The zero-order valence-corrected chi connectivity index (χ0v) is 12.5. The number of nitrogens with two attached hydrogens (primary N) is 1. The van der Waals surface area contributed by atoms with Crippen molar-refractivity contribution in [1.82, 2.24) is 0 Å². The van der Waals surface area contributed by atoms with Crippen LogP contribution in [0.5, 0.6) is 0 Å². The summed E-state index contributed by atoms with van der Waals surface area (Å²) in [6.45, 7) is 5.26. The molecule has 0 atom stereocenters. The van der Waals surface area contributed by atoms with Gasteiger partial charge in [-0.1, -0.05) is 33.1 Å². The van der Waals surface area contributed by atoms with Gasteiger partial charge in [0.05, 0.1) is 12.4 Å². The molecule has 0 spiro atoms. The number of hydrogen-bond donors (Lipinski definition) is 1. The van der Waals surface area contributed by atoms with Crippen LogP contribution in [0.2, 0.25) is 0 Å². The molecule has 1 rings (SSSR count).